The number of halogens is 1. The molecule has 0 aliphatic rings. The fourth-order valence-corrected chi connectivity index (χ4v) is 2.04. The maximum absolute atomic E-state index is 6.00. The van der Waals surface area contributed by atoms with Gasteiger partial charge >= 0.3 is 0 Å². The molecule has 0 bridgehead atoms. The second-order valence-corrected chi connectivity index (χ2v) is 5.28. The van der Waals surface area contributed by atoms with Gasteiger partial charge in [0.05, 0.1) is 0 Å². The largest absolute Gasteiger partial charge is 0.393 e. The number of thioether (sulfide) groups is 1. The van der Waals surface area contributed by atoms with Crippen molar-refractivity contribution in [1.29, 1.82) is 0 Å². The number of aromatic nitrogens is 2. The van der Waals surface area contributed by atoms with Crippen LogP contribution in [0.5, 0.6) is 0 Å². The van der Waals surface area contributed by atoms with Crippen molar-refractivity contribution in [2.45, 2.75) is 44.8 Å². The van der Waals surface area contributed by atoms with Gasteiger partial charge in [0.25, 0.3) is 0 Å². The lowest BCUT2D eigenvalue weighted by atomic mass is 10.2. The molecule has 0 radical (unpaired) electrons. The Labute approximate surface area is 112 Å². The summed E-state index contributed by atoms with van der Waals surface area (Å²) in [7, 11) is 0. The highest BCUT2D eigenvalue weighted by Crippen LogP contribution is 2.28. The van der Waals surface area contributed by atoms with E-state index in [2.05, 4.69) is 36.1 Å². The standard InChI is InChI=1S/C11H19ClN4S/c1-4-6-17-11-15-9(12)8(13)10(16-11)14-7(3)5-2/h7H,4-6,13H2,1-3H3,(H,14,15,16). The van der Waals surface area contributed by atoms with E-state index in [0.717, 1.165) is 18.6 Å². The Kier molecular flexibility index (Phi) is 5.85. The highest BCUT2D eigenvalue weighted by molar-refractivity contribution is 7.99. The van der Waals surface area contributed by atoms with Crippen LogP contribution in [0.4, 0.5) is 11.5 Å². The summed E-state index contributed by atoms with van der Waals surface area (Å²) in [5, 5.41) is 4.24. The van der Waals surface area contributed by atoms with Crippen molar-refractivity contribution in [3.8, 4) is 0 Å². The van der Waals surface area contributed by atoms with E-state index in [1.54, 1.807) is 11.8 Å². The van der Waals surface area contributed by atoms with Crippen LogP contribution in [0.25, 0.3) is 0 Å². The fraction of sp³-hybridized carbons (Fsp3) is 0.636. The Bertz CT molecular complexity index is 373. The highest BCUT2D eigenvalue weighted by Gasteiger charge is 2.11. The molecular formula is C11H19ClN4S. The van der Waals surface area contributed by atoms with Crippen LogP contribution in [0.3, 0.4) is 0 Å². The summed E-state index contributed by atoms with van der Waals surface area (Å²) in [5.74, 6) is 1.61. The van der Waals surface area contributed by atoms with E-state index in [0.29, 0.717) is 27.9 Å². The first-order valence-electron chi connectivity index (χ1n) is 5.80. The van der Waals surface area contributed by atoms with Crippen LogP contribution in [-0.2, 0) is 0 Å². The van der Waals surface area contributed by atoms with E-state index < -0.39 is 0 Å². The molecular weight excluding hydrogens is 256 g/mol. The number of hydrogen-bond donors (Lipinski definition) is 2. The molecule has 0 aromatic carbocycles. The summed E-state index contributed by atoms with van der Waals surface area (Å²) in [4.78, 5) is 8.55. The lowest BCUT2D eigenvalue weighted by Gasteiger charge is -2.15. The summed E-state index contributed by atoms with van der Waals surface area (Å²) in [6.07, 6.45) is 2.07. The number of rotatable bonds is 6. The van der Waals surface area contributed by atoms with Gasteiger partial charge in [-0.15, -0.1) is 0 Å². The van der Waals surface area contributed by atoms with Gasteiger partial charge in [0, 0.05) is 11.8 Å². The van der Waals surface area contributed by atoms with Gasteiger partial charge in [0.15, 0.2) is 16.1 Å². The third-order valence-electron chi connectivity index (χ3n) is 2.31. The zero-order chi connectivity index (χ0) is 12.8. The Morgan fingerprint density at radius 2 is 2.12 bits per heavy atom. The van der Waals surface area contributed by atoms with E-state index in [4.69, 9.17) is 17.3 Å². The van der Waals surface area contributed by atoms with Crippen LogP contribution < -0.4 is 11.1 Å². The normalized spacial score (nSPS) is 12.5. The summed E-state index contributed by atoms with van der Waals surface area (Å²) in [6, 6.07) is 0.312. The van der Waals surface area contributed by atoms with Crippen molar-refractivity contribution >= 4 is 34.9 Å². The second-order valence-electron chi connectivity index (χ2n) is 3.86. The van der Waals surface area contributed by atoms with Crippen molar-refractivity contribution in [2.24, 2.45) is 0 Å². The summed E-state index contributed by atoms with van der Waals surface area (Å²) < 4.78 is 0. The molecule has 96 valence electrons. The van der Waals surface area contributed by atoms with Crippen LogP contribution in [-0.4, -0.2) is 21.8 Å². The molecule has 0 aliphatic carbocycles. The predicted octanol–water partition coefficient (Wildman–Crippen LogP) is 3.42. The molecule has 6 heteroatoms. The van der Waals surface area contributed by atoms with Gasteiger partial charge < -0.3 is 11.1 Å². The Morgan fingerprint density at radius 3 is 2.71 bits per heavy atom. The molecule has 17 heavy (non-hydrogen) atoms. The predicted molar refractivity (Wildman–Crippen MR) is 75.8 cm³/mol. The molecule has 0 fully saturated rings. The average Bonchev–Trinajstić information content (AvgIpc) is 2.32. The van der Waals surface area contributed by atoms with E-state index in [1.807, 2.05) is 0 Å². The van der Waals surface area contributed by atoms with Gasteiger partial charge in [-0.25, -0.2) is 9.97 Å². The SMILES string of the molecule is CCCSc1nc(Cl)c(N)c(NC(C)CC)n1. The van der Waals surface area contributed by atoms with Crippen LogP contribution in [0.1, 0.15) is 33.6 Å². The monoisotopic (exact) mass is 274 g/mol. The Balaban J connectivity index is 2.90. The maximum atomic E-state index is 6.00. The Morgan fingerprint density at radius 1 is 1.41 bits per heavy atom. The first kappa shape index (κ1) is 14.4. The molecule has 1 unspecified atom stereocenters. The maximum Gasteiger partial charge on any atom is 0.191 e. The number of nitrogens with two attached hydrogens (primary N) is 1. The average molecular weight is 275 g/mol. The topological polar surface area (TPSA) is 63.8 Å². The number of nitrogens with zero attached hydrogens (tertiary/aromatic N) is 2. The molecule has 0 saturated carbocycles. The first-order valence-corrected chi connectivity index (χ1v) is 7.17. The molecule has 3 N–H and O–H groups in total. The lowest BCUT2D eigenvalue weighted by molar-refractivity contribution is 0.755. The van der Waals surface area contributed by atoms with E-state index >= 15 is 0 Å². The lowest BCUT2D eigenvalue weighted by Crippen LogP contribution is -2.16. The molecule has 1 atom stereocenters. The molecule has 0 saturated heterocycles. The van der Waals surface area contributed by atoms with Crippen LogP contribution in [0, 0.1) is 0 Å². The second kappa shape index (κ2) is 6.91. The van der Waals surface area contributed by atoms with Crippen molar-refractivity contribution < 1.29 is 0 Å². The van der Waals surface area contributed by atoms with Crippen molar-refractivity contribution in [2.75, 3.05) is 16.8 Å². The minimum absolute atomic E-state index is 0.312. The molecule has 1 aromatic rings. The zero-order valence-corrected chi connectivity index (χ0v) is 12.0. The first-order chi connectivity index (χ1) is 8.08. The van der Waals surface area contributed by atoms with Gasteiger partial charge in [0.1, 0.15) is 5.69 Å². The Hall–Kier alpha value is -0.680. The molecule has 0 amide bonds. The minimum Gasteiger partial charge on any atom is -0.393 e. The van der Waals surface area contributed by atoms with Crippen LogP contribution in [0.2, 0.25) is 5.15 Å². The van der Waals surface area contributed by atoms with Crippen LogP contribution >= 0.6 is 23.4 Å². The number of anilines is 2. The summed E-state index contributed by atoms with van der Waals surface area (Å²) >= 11 is 7.59. The summed E-state index contributed by atoms with van der Waals surface area (Å²) in [5.41, 5.74) is 6.28. The fourth-order valence-electron chi connectivity index (χ4n) is 1.13. The van der Waals surface area contributed by atoms with Gasteiger partial charge in [0.2, 0.25) is 0 Å². The third-order valence-corrected chi connectivity index (χ3v) is 3.65. The van der Waals surface area contributed by atoms with E-state index in [9.17, 15) is 0 Å². The number of nitrogen functional groups attached to an aromatic ring is 1. The highest BCUT2D eigenvalue weighted by atomic mass is 35.5. The molecule has 1 heterocycles. The quantitative estimate of drug-likeness (QED) is 0.473. The minimum atomic E-state index is 0.312. The zero-order valence-electron chi connectivity index (χ0n) is 10.5. The van der Waals surface area contributed by atoms with Gasteiger partial charge in [-0.2, -0.15) is 0 Å². The molecule has 4 nitrogen and oxygen atoms in total. The number of hydrogen-bond acceptors (Lipinski definition) is 5. The smallest absolute Gasteiger partial charge is 0.191 e. The van der Waals surface area contributed by atoms with Gasteiger partial charge in [-0.3, -0.25) is 0 Å². The van der Waals surface area contributed by atoms with Gasteiger partial charge in [-0.05, 0) is 19.8 Å². The number of nitrogens with one attached hydrogen (secondary N) is 1. The van der Waals surface area contributed by atoms with Crippen molar-refractivity contribution in [3.05, 3.63) is 5.15 Å². The molecule has 1 rings (SSSR count). The third kappa shape index (κ3) is 4.24. The van der Waals surface area contributed by atoms with Crippen molar-refractivity contribution in [1.82, 2.24) is 9.97 Å². The molecule has 0 spiro atoms. The molecule has 0 aliphatic heterocycles. The summed E-state index contributed by atoms with van der Waals surface area (Å²) in [6.45, 7) is 6.29. The van der Waals surface area contributed by atoms with E-state index in [1.165, 1.54) is 0 Å². The molecule has 1 aromatic heterocycles. The van der Waals surface area contributed by atoms with E-state index in [-0.39, 0.29) is 0 Å². The van der Waals surface area contributed by atoms with Crippen molar-refractivity contribution in [3.63, 3.8) is 0 Å². The van der Waals surface area contributed by atoms with Gasteiger partial charge in [-0.1, -0.05) is 37.2 Å². The van der Waals surface area contributed by atoms with Crippen LogP contribution in [0.15, 0.2) is 5.16 Å².